The van der Waals surface area contributed by atoms with Gasteiger partial charge >= 0.3 is 11.9 Å². The molecule has 0 aliphatic heterocycles. The summed E-state index contributed by atoms with van der Waals surface area (Å²) in [5.74, 6) is -2.34. The molecule has 1 fully saturated rings. The van der Waals surface area contributed by atoms with Crippen LogP contribution in [0.4, 0.5) is 0 Å². The molecular weight excluding hydrogens is 474 g/mol. The number of carbonyl (C=O) groups is 3. The number of carboxylic acid groups (broad SMARTS) is 1. The van der Waals surface area contributed by atoms with E-state index in [0.717, 1.165) is 18.4 Å². The molecular formula is C26H36ClNO7. The zero-order chi connectivity index (χ0) is 25.7. The van der Waals surface area contributed by atoms with Crippen molar-refractivity contribution < 1.29 is 33.7 Å². The summed E-state index contributed by atoms with van der Waals surface area (Å²) in [5.41, 5.74) is 0.111. The minimum absolute atomic E-state index is 0.0672. The molecule has 1 saturated carbocycles. The molecule has 1 amide bonds. The van der Waals surface area contributed by atoms with E-state index in [9.17, 15) is 19.5 Å². The lowest BCUT2D eigenvalue weighted by Gasteiger charge is -2.32. The number of hydrogen-bond acceptors (Lipinski definition) is 6. The van der Waals surface area contributed by atoms with E-state index in [1.54, 1.807) is 12.1 Å². The van der Waals surface area contributed by atoms with Gasteiger partial charge in [-0.25, -0.2) is 0 Å². The van der Waals surface area contributed by atoms with Crippen molar-refractivity contribution in [1.82, 2.24) is 5.32 Å². The molecule has 8 nitrogen and oxygen atoms in total. The van der Waals surface area contributed by atoms with E-state index in [-0.39, 0.29) is 38.6 Å². The number of benzene rings is 1. The number of methoxy groups -OCH3 is 1. The van der Waals surface area contributed by atoms with Gasteiger partial charge in [0.2, 0.25) is 5.91 Å². The highest BCUT2D eigenvalue weighted by molar-refractivity contribution is 6.30. The number of carboxylic acids is 1. The number of nitrogens with one attached hydrogen (secondary N) is 1. The Balaban J connectivity index is 2.08. The van der Waals surface area contributed by atoms with Crippen LogP contribution < -0.4 is 5.32 Å². The van der Waals surface area contributed by atoms with Gasteiger partial charge in [0.1, 0.15) is 6.61 Å². The average molecular weight is 510 g/mol. The summed E-state index contributed by atoms with van der Waals surface area (Å²) in [7, 11) is 1.52. The zero-order valence-corrected chi connectivity index (χ0v) is 21.1. The van der Waals surface area contributed by atoms with Crippen molar-refractivity contribution in [1.29, 1.82) is 0 Å². The molecule has 0 heterocycles. The number of halogens is 1. The van der Waals surface area contributed by atoms with Crippen molar-refractivity contribution in [2.24, 2.45) is 11.3 Å². The number of ether oxygens (including phenoxy) is 3. The molecule has 9 heteroatoms. The minimum Gasteiger partial charge on any atom is -0.481 e. The Morgan fingerprint density at radius 2 is 1.91 bits per heavy atom. The van der Waals surface area contributed by atoms with Crippen LogP contribution in [0.3, 0.4) is 0 Å². The van der Waals surface area contributed by atoms with Crippen LogP contribution in [-0.2, 0) is 35.2 Å². The van der Waals surface area contributed by atoms with Crippen LogP contribution >= 0.6 is 11.6 Å². The Bertz CT molecular complexity index is 837. The molecule has 2 atom stereocenters. The fourth-order valence-electron chi connectivity index (χ4n) is 4.42. The molecule has 1 aromatic rings. The summed E-state index contributed by atoms with van der Waals surface area (Å²) in [6.07, 6.45) is 4.89. The molecule has 1 aliphatic rings. The number of amides is 1. The third-order valence-electron chi connectivity index (χ3n) is 6.31. The minimum atomic E-state index is -0.933. The van der Waals surface area contributed by atoms with Gasteiger partial charge in [-0.2, -0.15) is 0 Å². The number of aliphatic carboxylic acids is 1. The standard InChI is InChI=1S/C26H36ClNO7/c1-3-13-35-23(29)15-22(18-34-17-19-6-8-21(27)9-7-19)28-25(32)26(11-4-5-12-26)16-20(24(30)31)10-14-33-2/h3,6-9,20,22H,1,4-5,10-18H2,2H3,(H,28,32)(H,30,31). The summed E-state index contributed by atoms with van der Waals surface area (Å²) in [6.45, 7) is 4.31. The molecule has 1 aromatic carbocycles. The Morgan fingerprint density at radius 1 is 1.23 bits per heavy atom. The van der Waals surface area contributed by atoms with Crippen LogP contribution in [0.1, 0.15) is 50.5 Å². The molecule has 2 N–H and O–H groups in total. The van der Waals surface area contributed by atoms with E-state index in [2.05, 4.69) is 11.9 Å². The van der Waals surface area contributed by atoms with Crippen LogP contribution in [0.25, 0.3) is 0 Å². The number of carbonyl (C=O) groups excluding carboxylic acids is 2. The monoisotopic (exact) mass is 509 g/mol. The number of rotatable bonds is 16. The van der Waals surface area contributed by atoms with Gasteiger partial charge in [0.05, 0.1) is 37.0 Å². The topological polar surface area (TPSA) is 111 Å². The Labute approximate surface area is 212 Å². The summed E-state index contributed by atoms with van der Waals surface area (Å²) in [5, 5.41) is 13.3. The van der Waals surface area contributed by atoms with E-state index in [0.29, 0.717) is 30.9 Å². The van der Waals surface area contributed by atoms with Gasteiger partial charge in [-0.05, 0) is 43.4 Å². The van der Waals surface area contributed by atoms with Gasteiger partial charge < -0.3 is 24.6 Å². The molecule has 2 unspecified atom stereocenters. The lowest BCUT2D eigenvalue weighted by molar-refractivity contribution is -0.145. The van der Waals surface area contributed by atoms with Gasteiger partial charge in [0.15, 0.2) is 0 Å². The van der Waals surface area contributed by atoms with Crippen LogP contribution in [0.15, 0.2) is 36.9 Å². The van der Waals surface area contributed by atoms with Crippen molar-refractivity contribution in [3.05, 3.63) is 47.5 Å². The molecule has 0 spiro atoms. The fraction of sp³-hybridized carbons (Fsp3) is 0.577. The summed E-state index contributed by atoms with van der Waals surface area (Å²) < 4.78 is 16.0. The van der Waals surface area contributed by atoms with Gasteiger partial charge in [0, 0.05) is 18.7 Å². The zero-order valence-electron chi connectivity index (χ0n) is 20.3. The molecule has 1 aliphatic carbocycles. The lowest BCUT2D eigenvalue weighted by atomic mass is 9.75. The maximum Gasteiger partial charge on any atom is 0.308 e. The maximum absolute atomic E-state index is 13.5. The second-order valence-electron chi connectivity index (χ2n) is 9.00. The summed E-state index contributed by atoms with van der Waals surface area (Å²) in [4.78, 5) is 37.6. The summed E-state index contributed by atoms with van der Waals surface area (Å²) in [6, 6.07) is 6.59. The molecule has 0 saturated heterocycles. The van der Waals surface area contributed by atoms with E-state index in [4.69, 9.17) is 25.8 Å². The third-order valence-corrected chi connectivity index (χ3v) is 6.56. The number of hydrogen-bond donors (Lipinski definition) is 2. The Kier molecular flexibility index (Phi) is 12.2. The molecule has 0 aromatic heterocycles. The van der Waals surface area contributed by atoms with E-state index < -0.39 is 29.3 Å². The average Bonchev–Trinajstić information content (AvgIpc) is 3.31. The van der Waals surface area contributed by atoms with Crippen molar-refractivity contribution in [2.45, 2.75) is 57.6 Å². The Morgan fingerprint density at radius 3 is 2.51 bits per heavy atom. The fourth-order valence-corrected chi connectivity index (χ4v) is 4.55. The molecule has 0 radical (unpaired) electrons. The van der Waals surface area contributed by atoms with Crippen molar-refractivity contribution in [3.63, 3.8) is 0 Å². The normalized spacial score (nSPS) is 16.3. The van der Waals surface area contributed by atoms with Gasteiger partial charge in [-0.1, -0.05) is 49.2 Å². The van der Waals surface area contributed by atoms with Crippen LogP contribution in [0, 0.1) is 11.3 Å². The van der Waals surface area contributed by atoms with E-state index in [1.165, 1.54) is 13.2 Å². The second-order valence-corrected chi connectivity index (χ2v) is 9.43. The van der Waals surface area contributed by atoms with E-state index in [1.807, 2.05) is 12.1 Å². The van der Waals surface area contributed by atoms with Gasteiger partial charge in [-0.15, -0.1) is 0 Å². The van der Waals surface area contributed by atoms with E-state index >= 15 is 0 Å². The molecule has 35 heavy (non-hydrogen) atoms. The SMILES string of the molecule is C=CCOC(=O)CC(COCc1ccc(Cl)cc1)NC(=O)C1(CC(CCOC)C(=O)O)CCCC1. The highest BCUT2D eigenvalue weighted by atomic mass is 35.5. The first-order valence-corrected chi connectivity index (χ1v) is 12.3. The highest BCUT2D eigenvalue weighted by Gasteiger charge is 2.44. The van der Waals surface area contributed by atoms with Crippen LogP contribution in [-0.4, -0.2) is 55.9 Å². The lowest BCUT2D eigenvalue weighted by Crippen LogP contribution is -2.48. The number of esters is 1. The molecule has 2 rings (SSSR count). The highest BCUT2D eigenvalue weighted by Crippen LogP contribution is 2.44. The van der Waals surface area contributed by atoms with Crippen molar-refractivity contribution >= 4 is 29.4 Å². The van der Waals surface area contributed by atoms with Gasteiger partial charge in [-0.3, -0.25) is 14.4 Å². The predicted molar refractivity (Wildman–Crippen MR) is 132 cm³/mol. The third kappa shape index (κ3) is 9.63. The molecule has 0 bridgehead atoms. The first-order chi connectivity index (χ1) is 16.8. The Hall–Kier alpha value is -2.42. The predicted octanol–water partition coefficient (Wildman–Crippen LogP) is 4.15. The smallest absolute Gasteiger partial charge is 0.308 e. The second kappa shape index (κ2) is 14.9. The van der Waals surface area contributed by atoms with Crippen molar-refractivity contribution in [2.75, 3.05) is 26.9 Å². The van der Waals surface area contributed by atoms with Crippen LogP contribution in [0.5, 0.6) is 0 Å². The first kappa shape index (κ1) is 28.8. The van der Waals surface area contributed by atoms with Gasteiger partial charge in [0.25, 0.3) is 0 Å². The largest absolute Gasteiger partial charge is 0.481 e. The first-order valence-electron chi connectivity index (χ1n) is 11.9. The maximum atomic E-state index is 13.5. The quantitative estimate of drug-likeness (QED) is 0.254. The van der Waals surface area contributed by atoms with Crippen molar-refractivity contribution in [3.8, 4) is 0 Å². The molecule has 194 valence electrons. The van der Waals surface area contributed by atoms with Crippen LogP contribution in [0.2, 0.25) is 5.02 Å². The summed E-state index contributed by atoms with van der Waals surface area (Å²) >= 11 is 5.92.